The van der Waals surface area contributed by atoms with E-state index in [2.05, 4.69) is 10.3 Å². The normalized spacial score (nSPS) is 27.2. The fraction of sp³-hybridized carbons (Fsp3) is 0.538. The van der Waals surface area contributed by atoms with Gasteiger partial charge in [-0.05, 0) is 31.0 Å². The summed E-state index contributed by atoms with van der Waals surface area (Å²) in [6.45, 7) is 3.00. The van der Waals surface area contributed by atoms with E-state index in [4.69, 9.17) is 0 Å². The van der Waals surface area contributed by atoms with Crippen molar-refractivity contribution in [1.82, 2.24) is 15.2 Å². The Bertz CT molecular complexity index is 406. The Labute approximate surface area is 101 Å². The van der Waals surface area contributed by atoms with Gasteiger partial charge in [-0.15, -0.1) is 0 Å². The standard InChI is InChI=1S/C13H17N3O/c17-13(7-11-3-1-2-5-15-11)16-9-10-4-6-14-8-12(10)16/h1-3,5,10,12,14H,4,6-9H2/t10-,12-/m0/s1. The van der Waals surface area contributed by atoms with Crippen molar-refractivity contribution < 1.29 is 4.79 Å². The van der Waals surface area contributed by atoms with E-state index in [0.717, 1.165) is 31.2 Å². The summed E-state index contributed by atoms with van der Waals surface area (Å²) < 4.78 is 0. The van der Waals surface area contributed by atoms with Crippen LogP contribution in [0.25, 0.3) is 0 Å². The molecule has 1 N–H and O–H groups in total. The predicted molar refractivity (Wildman–Crippen MR) is 64.4 cm³/mol. The van der Waals surface area contributed by atoms with Crippen LogP contribution in [0.2, 0.25) is 0 Å². The van der Waals surface area contributed by atoms with E-state index in [0.29, 0.717) is 12.5 Å². The second kappa shape index (κ2) is 4.45. The van der Waals surface area contributed by atoms with Crippen molar-refractivity contribution in [3.8, 4) is 0 Å². The van der Waals surface area contributed by atoms with Crippen molar-refractivity contribution in [3.63, 3.8) is 0 Å². The van der Waals surface area contributed by atoms with Crippen LogP contribution in [-0.4, -0.2) is 41.5 Å². The number of carbonyl (C=O) groups is 1. The second-order valence-corrected chi connectivity index (χ2v) is 4.86. The summed E-state index contributed by atoms with van der Waals surface area (Å²) in [5, 5.41) is 3.36. The number of carbonyl (C=O) groups excluding carboxylic acids is 1. The molecule has 90 valence electrons. The smallest absolute Gasteiger partial charge is 0.228 e. The average Bonchev–Trinajstić information content (AvgIpc) is 2.32. The number of aromatic nitrogens is 1. The van der Waals surface area contributed by atoms with Crippen molar-refractivity contribution in [2.45, 2.75) is 18.9 Å². The zero-order valence-corrected chi connectivity index (χ0v) is 9.80. The highest BCUT2D eigenvalue weighted by Crippen LogP contribution is 2.29. The predicted octanol–water partition coefficient (Wildman–Crippen LogP) is 0.444. The number of pyridine rings is 1. The maximum Gasteiger partial charge on any atom is 0.228 e. The number of likely N-dealkylation sites (tertiary alicyclic amines) is 1. The highest BCUT2D eigenvalue weighted by atomic mass is 16.2. The van der Waals surface area contributed by atoms with Crippen LogP contribution in [0.3, 0.4) is 0 Å². The van der Waals surface area contributed by atoms with Gasteiger partial charge >= 0.3 is 0 Å². The molecule has 0 spiro atoms. The maximum absolute atomic E-state index is 12.1. The van der Waals surface area contributed by atoms with Gasteiger partial charge in [-0.25, -0.2) is 0 Å². The summed E-state index contributed by atoms with van der Waals surface area (Å²) >= 11 is 0. The van der Waals surface area contributed by atoms with Crippen molar-refractivity contribution in [3.05, 3.63) is 30.1 Å². The van der Waals surface area contributed by atoms with E-state index in [9.17, 15) is 4.79 Å². The fourth-order valence-corrected chi connectivity index (χ4v) is 2.77. The molecule has 1 aromatic heterocycles. The molecule has 0 aliphatic carbocycles. The molecule has 0 unspecified atom stereocenters. The molecule has 4 nitrogen and oxygen atoms in total. The molecule has 1 amide bonds. The molecular formula is C13H17N3O. The molecule has 2 aliphatic heterocycles. The first-order valence-corrected chi connectivity index (χ1v) is 6.24. The highest BCUT2D eigenvalue weighted by molar-refractivity contribution is 5.79. The van der Waals surface area contributed by atoms with Crippen molar-refractivity contribution in [2.75, 3.05) is 19.6 Å². The molecule has 2 aliphatic rings. The lowest BCUT2D eigenvalue weighted by atomic mass is 9.83. The highest BCUT2D eigenvalue weighted by Gasteiger charge is 2.42. The van der Waals surface area contributed by atoms with Crippen LogP contribution in [0.5, 0.6) is 0 Å². The zero-order valence-electron chi connectivity index (χ0n) is 9.80. The lowest BCUT2D eigenvalue weighted by Crippen LogP contribution is -2.65. The number of amides is 1. The minimum absolute atomic E-state index is 0.216. The molecule has 3 rings (SSSR count). The monoisotopic (exact) mass is 231 g/mol. The Morgan fingerprint density at radius 2 is 2.47 bits per heavy atom. The van der Waals surface area contributed by atoms with E-state index in [-0.39, 0.29) is 5.91 Å². The van der Waals surface area contributed by atoms with E-state index in [1.54, 1.807) is 6.20 Å². The topological polar surface area (TPSA) is 45.2 Å². The molecule has 0 radical (unpaired) electrons. The molecule has 1 aromatic rings. The number of nitrogens with zero attached hydrogens (tertiary/aromatic N) is 2. The Kier molecular flexibility index (Phi) is 2.81. The van der Waals surface area contributed by atoms with E-state index in [1.807, 2.05) is 23.1 Å². The molecule has 17 heavy (non-hydrogen) atoms. The number of rotatable bonds is 2. The van der Waals surface area contributed by atoms with Gasteiger partial charge in [-0.3, -0.25) is 9.78 Å². The molecule has 2 saturated heterocycles. The third-order valence-corrected chi connectivity index (χ3v) is 3.80. The van der Waals surface area contributed by atoms with E-state index < -0.39 is 0 Å². The summed E-state index contributed by atoms with van der Waals surface area (Å²) in [7, 11) is 0. The van der Waals surface area contributed by atoms with Gasteiger partial charge in [0.2, 0.25) is 5.91 Å². The SMILES string of the molecule is O=C(Cc1ccccn1)N1C[C@@H]2CCNC[C@@H]21. The van der Waals surface area contributed by atoms with Gasteiger partial charge in [0, 0.05) is 31.0 Å². The van der Waals surface area contributed by atoms with E-state index in [1.165, 1.54) is 6.42 Å². The molecular weight excluding hydrogens is 214 g/mol. The van der Waals surface area contributed by atoms with Crippen LogP contribution in [-0.2, 0) is 11.2 Å². The molecule has 4 heteroatoms. The van der Waals surface area contributed by atoms with Gasteiger partial charge in [-0.2, -0.15) is 0 Å². The summed E-state index contributed by atoms with van der Waals surface area (Å²) in [6.07, 6.45) is 3.38. The quantitative estimate of drug-likeness (QED) is 0.803. The number of fused-ring (bicyclic) bond motifs is 1. The van der Waals surface area contributed by atoms with Gasteiger partial charge in [0.1, 0.15) is 0 Å². The summed E-state index contributed by atoms with van der Waals surface area (Å²) in [5.74, 6) is 0.942. The van der Waals surface area contributed by atoms with Crippen LogP contribution in [0, 0.1) is 5.92 Å². The first-order valence-electron chi connectivity index (χ1n) is 6.24. The average molecular weight is 231 g/mol. The largest absolute Gasteiger partial charge is 0.337 e. The second-order valence-electron chi connectivity index (χ2n) is 4.86. The number of nitrogens with one attached hydrogen (secondary N) is 1. The minimum atomic E-state index is 0.216. The third kappa shape index (κ3) is 2.05. The lowest BCUT2D eigenvalue weighted by molar-refractivity contribution is -0.144. The maximum atomic E-state index is 12.1. The van der Waals surface area contributed by atoms with Crippen molar-refractivity contribution in [2.24, 2.45) is 5.92 Å². The van der Waals surface area contributed by atoms with Crippen LogP contribution in [0.15, 0.2) is 24.4 Å². The van der Waals surface area contributed by atoms with Crippen LogP contribution in [0.4, 0.5) is 0 Å². The van der Waals surface area contributed by atoms with E-state index >= 15 is 0 Å². The Morgan fingerprint density at radius 1 is 1.53 bits per heavy atom. The summed E-state index contributed by atoms with van der Waals surface area (Å²) in [5.41, 5.74) is 0.865. The summed E-state index contributed by atoms with van der Waals surface area (Å²) in [6, 6.07) is 6.14. The molecule has 2 fully saturated rings. The van der Waals surface area contributed by atoms with Gasteiger partial charge < -0.3 is 10.2 Å². The molecule has 0 saturated carbocycles. The summed E-state index contributed by atoms with van der Waals surface area (Å²) in [4.78, 5) is 18.3. The lowest BCUT2D eigenvalue weighted by Gasteiger charge is -2.51. The molecule has 3 heterocycles. The van der Waals surface area contributed by atoms with Crippen LogP contribution < -0.4 is 5.32 Å². The van der Waals surface area contributed by atoms with Crippen molar-refractivity contribution >= 4 is 5.91 Å². The first kappa shape index (κ1) is 10.7. The van der Waals surface area contributed by atoms with Crippen molar-refractivity contribution in [1.29, 1.82) is 0 Å². The number of hydrogen-bond acceptors (Lipinski definition) is 3. The Morgan fingerprint density at radius 3 is 3.24 bits per heavy atom. The molecule has 0 aromatic carbocycles. The molecule has 2 atom stereocenters. The Balaban J connectivity index is 1.60. The van der Waals surface area contributed by atoms with Gasteiger partial charge in [0.25, 0.3) is 0 Å². The Hall–Kier alpha value is -1.42. The number of hydrogen-bond donors (Lipinski definition) is 1. The van der Waals surface area contributed by atoms with Gasteiger partial charge in [0.05, 0.1) is 6.42 Å². The minimum Gasteiger partial charge on any atom is -0.337 e. The number of piperidine rings is 1. The molecule has 0 bridgehead atoms. The third-order valence-electron chi connectivity index (χ3n) is 3.80. The van der Waals surface area contributed by atoms with Gasteiger partial charge in [-0.1, -0.05) is 6.07 Å². The van der Waals surface area contributed by atoms with Gasteiger partial charge in [0.15, 0.2) is 0 Å². The zero-order chi connectivity index (χ0) is 11.7. The first-order chi connectivity index (χ1) is 8.34. The van der Waals surface area contributed by atoms with Crippen LogP contribution in [0.1, 0.15) is 12.1 Å². The van der Waals surface area contributed by atoms with Crippen LogP contribution >= 0.6 is 0 Å². The fourth-order valence-electron chi connectivity index (χ4n) is 2.77.